The predicted octanol–water partition coefficient (Wildman–Crippen LogP) is 4.70. The van der Waals surface area contributed by atoms with Gasteiger partial charge < -0.3 is 5.32 Å². The molecule has 3 nitrogen and oxygen atoms in total. The Morgan fingerprint density at radius 1 is 1.15 bits per heavy atom. The number of nitrogens with zero attached hydrogens (tertiary/aromatic N) is 2. The normalized spacial score (nSPS) is 17.8. The average molecular weight is 349 g/mol. The van der Waals surface area contributed by atoms with Crippen LogP contribution in [-0.2, 0) is 0 Å². The second-order valence-electron chi connectivity index (χ2n) is 7.60. The van der Waals surface area contributed by atoms with Crippen molar-refractivity contribution in [2.75, 3.05) is 18.9 Å². The highest BCUT2D eigenvalue weighted by molar-refractivity contribution is 5.50. The minimum absolute atomic E-state index is 0.0258. The van der Waals surface area contributed by atoms with Crippen LogP contribution in [0, 0.1) is 23.1 Å². The molecule has 2 aromatic rings. The molecule has 1 N–H and O–H groups in total. The van der Waals surface area contributed by atoms with Crippen molar-refractivity contribution in [3.05, 3.63) is 65.0 Å². The van der Waals surface area contributed by atoms with Crippen molar-refractivity contribution in [3.8, 4) is 6.07 Å². The Morgan fingerprint density at radius 3 is 2.62 bits per heavy atom. The summed E-state index contributed by atoms with van der Waals surface area (Å²) >= 11 is 0. The molecule has 4 rings (SSSR count). The van der Waals surface area contributed by atoms with Crippen molar-refractivity contribution in [1.82, 2.24) is 4.90 Å². The van der Waals surface area contributed by atoms with Crippen LogP contribution in [0.25, 0.3) is 0 Å². The Bertz CT molecular complexity index is 834. The molecule has 26 heavy (non-hydrogen) atoms. The van der Waals surface area contributed by atoms with Gasteiger partial charge in [0, 0.05) is 12.6 Å². The van der Waals surface area contributed by atoms with Gasteiger partial charge in [0.15, 0.2) is 0 Å². The third-order valence-corrected chi connectivity index (χ3v) is 5.45. The lowest BCUT2D eigenvalue weighted by molar-refractivity contribution is 0.268. The zero-order valence-corrected chi connectivity index (χ0v) is 15.1. The summed E-state index contributed by atoms with van der Waals surface area (Å²) in [5, 5.41) is 12.5. The Morgan fingerprint density at radius 2 is 1.92 bits per heavy atom. The zero-order chi connectivity index (χ0) is 18.1. The van der Waals surface area contributed by atoms with Crippen LogP contribution < -0.4 is 5.32 Å². The van der Waals surface area contributed by atoms with Gasteiger partial charge in [-0.05, 0) is 74.0 Å². The standard InChI is InChI=1S/C22H24FN3/c1-26(19-8-9-19)22(17-4-2-3-16(11-17)13-24)18-7-10-20(23)21(12-18)25-14-15-5-6-15/h2-4,7,10-12,15,19,22,25H,5-6,8-9,14H2,1H3. The van der Waals surface area contributed by atoms with Gasteiger partial charge in [0.05, 0.1) is 23.4 Å². The number of hydrogen-bond donors (Lipinski definition) is 1. The van der Waals surface area contributed by atoms with Gasteiger partial charge in [-0.3, -0.25) is 4.90 Å². The van der Waals surface area contributed by atoms with Gasteiger partial charge in [0.2, 0.25) is 0 Å². The summed E-state index contributed by atoms with van der Waals surface area (Å²) in [6, 6.07) is 16.0. The molecule has 4 heteroatoms. The third-order valence-electron chi connectivity index (χ3n) is 5.45. The highest BCUT2D eigenvalue weighted by Gasteiger charge is 2.33. The first-order valence-corrected chi connectivity index (χ1v) is 9.41. The number of nitrogens with one attached hydrogen (secondary N) is 1. The van der Waals surface area contributed by atoms with Gasteiger partial charge in [-0.1, -0.05) is 18.2 Å². The molecule has 0 radical (unpaired) electrons. The fraction of sp³-hybridized carbons (Fsp3) is 0.409. The summed E-state index contributed by atoms with van der Waals surface area (Å²) in [6.45, 7) is 0.841. The van der Waals surface area contributed by atoms with E-state index in [0.717, 1.165) is 17.7 Å². The monoisotopic (exact) mass is 349 g/mol. The molecule has 2 saturated carbocycles. The molecule has 1 unspecified atom stereocenters. The zero-order valence-electron chi connectivity index (χ0n) is 15.1. The number of nitriles is 1. The van der Waals surface area contributed by atoms with E-state index in [1.54, 1.807) is 6.07 Å². The van der Waals surface area contributed by atoms with Crippen LogP contribution in [0.15, 0.2) is 42.5 Å². The van der Waals surface area contributed by atoms with Crippen LogP contribution in [0.3, 0.4) is 0 Å². The van der Waals surface area contributed by atoms with E-state index >= 15 is 0 Å². The number of hydrogen-bond acceptors (Lipinski definition) is 3. The van der Waals surface area contributed by atoms with Crippen LogP contribution in [0.5, 0.6) is 0 Å². The van der Waals surface area contributed by atoms with Crippen molar-refractivity contribution in [2.24, 2.45) is 5.92 Å². The van der Waals surface area contributed by atoms with Gasteiger partial charge in [-0.15, -0.1) is 0 Å². The van der Waals surface area contributed by atoms with E-state index in [2.05, 4.69) is 29.4 Å². The molecule has 2 aliphatic carbocycles. The van der Waals surface area contributed by atoms with Crippen molar-refractivity contribution in [2.45, 2.75) is 37.8 Å². The molecule has 1 atom stereocenters. The first-order chi connectivity index (χ1) is 12.7. The van der Waals surface area contributed by atoms with Gasteiger partial charge in [0.1, 0.15) is 5.82 Å². The Balaban J connectivity index is 1.68. The van der Waals surface area contributed by atoms with Crippen LogP contribution in [0.1, 0.15) is 48.4 Å². The summed E-state index contributed by atoms with van der Waals surface area (Å²) in [7, 11) is 2.13. The summed E-state index contributed by atoms with van der Waals surface area (Å²) in [5.41, 5.74) is 3.39. The van der Waals surface area contributed by atoms with Crippen LogP contribution in [-0.4, -0.2) is 24.5 Å². The lowest BCUT2D eigenvalue weighted by Gasteiger charge is -2.29. The van der Waals surface area contributed by atoms with E-state index in [9.17, 15) is 9.65 Å². The van der Waals surface area contributed by atoms with Crippen molar-refractivity contribution in [3.63, 3.8) is 0 Å². The Kier molecular flexibility index (Phi) is 4.65. The molecular formula is C22H24FN3. The quantitative estimate of drug-likeness (QED) is 0.787. The second kappa shape index (κ2) is 7.09. The molecule has 2 aliphatic rings. The average Bonchev–Trinajstić information content (AvgIpc) is 3.56. The molecule has 0 amide bonds. The number of halogens is 1. The van der Waals surface area contributed by atoms with Crippen LogP contribution in [0.4, 0.5) is 10.1 Å². The summed E-state index contributed by atoms with van der Waals surface area (Å²) in [4.78, 5) is 2.36. The maximum absolute atomic E-state index is 14.3. The molecule has 2 aromatic carbocycles. The van der Waals surface area contributed by atoms with Gasteiger partial charge in [-0.25, -0.2) is 4.39 Å². The summed E-state index contributed by atoms with van der Waals surface area (Å²) < 4.78 is 14.3. The van der Waals surface area contributed by atoms with E-state index < -0.39 is 0 Å². The molecule has 0 spiro atoms. The van der Waals surface area contributed by atoms with E-state index in [4.69, 9.17) is 0 Å². The fourth-order valence-electron chi connectivity index (χ4n) is 3.56. The molecule has 134 valence electrons. The molecular weight excluding hydrogens is 325 g/mol. The van der Waals surface area contributed by atoms with Crippen molar-refractivity contribution < 1.29 is 4.39 Å². The highest BCUT2D eigenvalue weighted by Crippen LogP contribution is 2.38. The lowest BCUT2D eigenvalue weighted by Crippen LogP contribution is -2.28. The predicted molar refractivity (Wildman–Crippen MR) is 101 cm³/mol. The molecule has 0 aromatic heterocycles. The van der Waals surface area contributed by atoms with Gasteiger partial charge in [0.25, 0.3) is 0 Å². The third kappa shape index (κ3) is 3.73. The van der Waals surface area contributed by atoms with Gasteiger partial charge >= 0.3 is 0 Å². The lowest BCUT2D eigenvalue weighted by atomic mass is 9.95. The Hall–Kier alpha value is -2.38. The molecule has 0 aliphatic heterocycles. The van der Waals surface area contributed by atoms with E-state index in [-0.39, 0.29) is 11.9 Å². The maximum Gasteiger partial charge on any atom is 0.146 e. The smallest absolute Gasteiger partial charge is 0.146 e. The molecule has 0 heterocycles. The number of benzene rings is 2. The fourth-order valence-corrected chi connectivity index (χ4v) is 3.56. The Labute approximate surface area is 154 Å². The molecule has 2 fully saturated rings. The number of rotatable bonds is 7. The minimum Gasteiger partial charge on any atom is -0.382 e. The second-order valence-corrected chi connectivity index (χ2v) is 7.60. The van der Waals surface area contributed by atoms with E-state index in [1.165, 1.54) is 25.7 Å². The summed E-state index contributed by atoms with van der Waals surface area (Å²) in [5.74, 6) is 0.489. The largest absolute Gasteiger partial charge is 0.382 e. The SMILES string of the molecule is CN(C1CC1)C(c1cccc(C#N)c1)c1ccc(F)c(NCC2CC2)c1. The topological polar surface area (TPSA) is 39.1 Å². The van der Waals surface area contributed by atoms with Crippen LogP contribution >= 0.6 is 0 Å². The maximum atomic E-state index is 14.3. The van der Waals surface area contributed by atoms with Crippen molar-refractivity contribution >= 4 is 5.69 Å². The van der Waals surface area contributed by atoms with Crippen molar-refractivity contribution in [1.29, 1.82) is 5.26 Å². The highest BCUT2D eigenvalue weighted by atomic mass is 19.1. The van der Waals surface area contributed by atoms with E-state index in [1.807, 2.05) is 30.3 Å². The number of anilines is 1. The van der Waals surface area contributed by atoms with Crippen LogP contribution in [0.2, 0.25) is 0 Å². The minimum atomic E-state index is -0.201. The van der Waals surface area contributed by atoms with Gasteiger partial charge in [-0.2, -0.15) is 5.26 Å². The first kappa shape index (κ1) is 17.1. The van der Waals surface area contributed by atoms with E-state index in [0.29, 0.717) is 23.2 Å². The molecule has 0 saturated heterocycles. The first-order valence-electron chi connectivity index (χ1n) is 9.41. The summed E-state index contributed by atoms with van der Waals surface area (Å²) in [6.07, 6.45) is 4.86. The molecule has 0 bridgehead atoms.